The molecule has 1 aliphatic heterocycles. The first-order valence-corrected chi connectivity index (χ1v) is 6.45. The molecule has 4 nitrogen and oxygen atoms in total. The van der Waals surface area contributed by atoms with Gasteiger partial charge in [-0.1, -0.05) is 36.4 Å². The van der Waals surface area contributed by atoms with Crippen molar-refractivity contribution < 1.29 is 0 Å². The van der Waals surface area contributed by atoms with E-state index in [9.17, 15) is 4.79 Å². The molecule has 0 spiro atoms. The second-order valence-electron chi connectivity index (χ2n) is 4.96. The maximum atomic E-state index is 12.1. The van der Waals surface area contributed by atoms with Gasteiger partial charge in [0.2, 0.25) is 0 Å². The SMILES string of the molecule is O=c1[nH]c2ccccc2n1C1=NC2C=CC=CC2C1. The van der Waals surface area contributed by atoms with Crippen molar-refractivity contribution in [1.29, 1.82) is 0 Å². The topological polar surface area (TPSA) is 50.1 Å². The molecule has 0 saturated heterocycles. The molecule has 4 rings (SSSR count). The summed E-state index contributed by atoms with van der Waals surface area (Å²) in [6, 6.07) is 7.90. The molecular weight excluding hydrogens is 238 g/mol. The largest absolute Gasteiger partial charge is 0.332 e. The van der Waals surface area contributed by atoms with Crippen molar-refractivity contribution in [1.82, 2.24) is 9.55 Å². The normalized spacial score (nSPS) is 24.7. The van der Waals surface area contributed by atoms with Crippen LogP contribution < -0.4 is 5.69 Å². The van der Waals surface area contributed by atoms with Crippen LogP contribution in [-0.2, 0) is 0 Å². The van der Waals surface area contributed by atoms with Crippen LogP contribution in [0.2, 0.25) is 0 Å². The predicted octanol–water partition coefficient (Wildman–Crippen LogP) is 2.09. The van der Waals surface area contributed by atoms with Crippen LogP contribution in [0.15, 0.2) is 58.4 Å². The van der Waals surface area contributed by atoms with Gasteiger partial charge in [-0.25, -0.2) is 9.36 Å². The monoisotopic (exact) mass is 251 g/mol. The summed E-state index contributed by atoms with van der Waals surface area (Å²) in [5, 5.41) is 0. The van der Waals surface area contributed by atoms with Gasteiger partial charge in [-0.2, -0.15) is 0 Å². The third-order valence-corrected chi connectivity index (χ3v) is 3.78. The highest BCUT2D eigenvalue weighted by Crippen LogP contribution is 2.27. The van der Waals surface area contributed by atoms with E-state index in [4.69, 9.17) is 0 Å². The Morgan fingerprint density at radius 3 is 2.95 bits per heavy atom. The fraction of sp³-hybridized carbons (Fsp3) is 0.200. The number of nitrogens with one attached hydrogen (secondary N) is 1. The van der Waals surface area contributed by atoms with Crippen molar-refractivity contribution in [3.63, 3.8) is 0 Å². The number of nitrogens with zero attached hydrogens (tertiary/aromatic N) is 2. The molecule has 1 N–H and O–H groups in total. The minimum absolute atomic E-state index is 0.105. The van der Waals surface area contributed by atoms with Crippen LogP contribution in [0, 0.1) is 5.92 Å². The van der Waals surface area contributed by atoms with E-state index in [2.05, 4.69) is 28.2 Å². The molecule has 2 heterocycles. The molecule has 2 aromatic rings. The Hall–Kier alpha value is -2.36. The average Bonchev–Trinajstić information content (AvgIpc) is 2.97. The number of benzene rings is 1. The van der Waals surface area contributed by atoms with Gasteiger partial charge in [0.1, 0.15) is 5.84 Å². The van der Waals surface area contributed by atoms with Crippen LogP contribution in [0.3, 0.4) is 0 Å². The van der Waals surface area contributed by atoms with Gasteiger partial charge in [0, 0.05) is 12.3 Å². The van der Waals surface area contributed by atoms with Crippen molar-refractivity contribution >= 4 is 16.9 Å². The molecule has 19 heavy (non-hydrogen) atoms. The lowest BCUT2D eigenvalue weighted by Gasteiger charge is -2.11. The average molecular weight is 251 g/mol. The minimum Gasteiger partial charge on any atom is -0.305 e. The molecule has 94 valence electrons. The Morgan fingerprint density at radius 1 is 1.21 bits per heavy atom. The summed E-state index contributed by atoms with van der Waals surface area (Å²) < 4.78 is 1.70. The highest BCUT2D eigenvalue weighted by Gasteiger charge is 2.28. The predicted molar refractivity (Wildman–Crippen MR) is 75.6 cm³/mol. The molecule has 0 saturated carbocycles. The van der Waals surface area contributed by atoms with Gasteiger partial charge in [0.25, 0.3) is 0 Å². The summed E-state index contributed by atoms with van der Waals surface area (Å²) in [5.74, 6) is 1.24. The molecule has 2 atom stereocenters. The van der Waals surface area contributed by atoms with Crippen LogP contribution in [0.5, 0.6) is 0 Å². The number of rotatable bonds is 0. The van der Waals surface area contributed by atoms with Crippen LogP contribution in [0.4, 0.5) is 0 Å². The number of aromatic amines is 1. The summed E-state index contributed by atoms with van der Waals surface area (Å²) in [6.45, 7) is 0. The molecule has 0 radical (unpaired) electrons. The summed E-state index contributed by atoms with van der Waals surface area (Å²) >= 11 is 0. The second kappa shape index (κ2) is 3.82. The lowest BCUT2D eigenvalue weighted by atomic mass is 9.95. The summed E-state index contributed by atoms with van der Waals surface area (Å²) in [6.07, 6.45) is 9.15. The zero-order valence-corrected chi connectivity index (χ0v) is 10.3. The maximum Gasteiger partial charge on any atom is 0.332 e. The van der Waals surface area contributed by atoms with Gasteiger partial charge in [-0.15, -0.1) is 0 Å². The highest BCUT2D eigenvalue weighted by molar-refractivity contribution is 5.94. The van der Waals surface area contributed by atoms with Gasteiger partial charge in [-0.3, -0.25) is 4.99 Å². The molecule has 2 unspecified atom stereocenters. The highest BCUT2D eigenvalue weighted by atomic mass is 16.1. The number of hydrogen-bond acceptors (Lipinski definition) is 2. The number of para-hydroxylation sites is 2. The molecular formula is C15H13N3O. The number of H-pyrrole nitrogens is 1. The maximum absolute atomic E-state index is 12.1. The standard InChI is InChI=1S/C15H13N3O/c19-15-17-12-7-3-4-8-13(12)18(15)14-9-10-5-1-2-6-11(10)16-14/h1-8,10-11H,9H2,(H,17,19). The quantitative estimate of drug-likeness (QED) is 0.765. The molecule has 1 aliphatic carbocycles. The fourth-order valence-electron chi connectivity index (χ4n) is 2.86. The second-order valence-corrected chi connectivity index (χ2v) is 4.96. The van der Waals surface area contributed by atoms with Crippen LogP contribution in [0.25, 0.3) is 11.0 Å². The Labute approximate surface area is 109 Å². The Kier molecular flexibility index (Phi) is 2.12. The summed E-state index contributed by atoms with van der Waals surface area (Å²) in [5.41, 5.74) is 1.65. The Morgan fingerprint density at radius 2 is 2.05 bits per heavy atom. The third kappa shape index (κ3) is 1.53. The Bertz CT molecular complexity index is 791. The molecule has 0 bridgehead atoms. The van der Waals surface area contributed by atoms with E-state index in [1.54, 1.807) is 4.57 Å². The third-order valence-electron chi connectivity index (χ3n) is 3.78. The lowest BCUT2D eigenvalue weighted by Crippen LogP contribution is -2.23. The first-order valence-electron chi connectivity index (χ1n) is 6.45. The van der Waals surface area contributed by atoms with Gasteiger partial charge in [0.05, 0.1) is 17.1 Å². The van der Waals surface area contributed by atoms with E-state index in [0.29, 0.717) is 5.92 Å². The van der Waals surface area contributed by atoms with Crippen molar-refractivity contribution in [2.75, 3.05) is 0 Å². The van der Waals surface area contributed by atoms with Crippen LogP contribution >= 0.6 is 0 Å². The number of aliphatic imine (C=N–C) groups is 1. The molecule has 4 heteroatoms. The summed E-state index contributed by atoms with van der Waals surface area (Å²) in [4.78, 5) is 19.7. The van der Waals surface area contributed by atoms with Crippen LogP contribution in [-0.4, -0.2) is 21.4 Å². The number of imidazole rings is 1. The summed E-state index contributed by atoms with van der Waals surface area (Å²) in [7, 11) is 0. The van der Waals surface area contributed by atoms with Gasteiger partial charge in [-0.05, 0) is 12.1 Å². The van der Waals surface area contributed by atoms with Crippen LogP contribution in [0.1, 0.15) is 6.42 Å². The van der Waals surface area contributed by atoms with E-state index in [1.165, 1.54) is 0 Å². The van der Waals surface area contributed by atoms with Crippen molar-refractivity contribution in [3.8, 4) is 0 Å². The first-order chi connectivity index (χ1) is 9.33. The van der Waals surface area contributed by atoms with Gasteiger partial charge >= 0.3 is 5.69 Å². The van der Waals surface area contributed by atoms with E-state index < -0.39 is 0 Å². The Balaban J connectivity index is 1.88. The minimum atomic E-state index is -0.105. The number of allylic oxidation sites excluding steroid dienone is 2. The molecule has 0 amide bonds. The number of hydrogen-bond donors (Lipinski definition) is 1. The zero-order valence-electron chi connectivity index (χ0n) is 10.3. The van der Waals surface area contributed by atoms with E-state index >= 15 is 0 Å². The first kappa shape index (κ1) is 10.6. The van der Waals surface area contributed by atoms with E-state index in [1.807, 2.05) is 30.3 Å². The van der Waals surface area contributed by atoms with Gasteiger partial charge in [0.15, 0.2) is 0 Å². The van der Waals surface area contributed by atoms with Crippen molar-refractivity contribution in [2.45, 2.75) is 12.5 Å². The molecule has 2 aliphatic rings. The van der Waals surface area contributed by atoms with Gasteiger partial charge < -0.3 is 4.98 Å². The molecule has 1 aromatic carbocycles. The lowest BCUT2D eigenvalue weighted by molar-refractivity contribution is 0.636. The number of fused-ring (bicyclic) bond motifs is 2. The zero-order chi connectivity index (χ0) is 12.8. The fourth-order valence-corrected chi connectivity index (χ4v) is 2.86. The molecule has 0 fully saturated rings. The van der Waals surface area contributed by atoms with Crippen molar-refractivity contribution in [3.05, 3.63) is 59.1 Å². The smallest absolute Gasteiger partial charge is 0.305 e. The van der Waals surface area contributed by atoms with E-state index in [-0.39, 0.29) is 11.7 Å². The number of aromatic nitrogens is 2. The van der Waals surface area contributed by atoms with E-state index in [0.717, 1.165) is 23.3 Å². The molecule has 1 aromatic heterocycles. The van der Waals surface area contributed by atoms with Crippen molar-refractivity contribution in [2.24, 2.45) is 10.9 Å².